The van der Waals surface area contributed by atoms with Crippen LogP contribution in [0.25, 0.3) is 64.6 Å². The van der Waals surface area contributed by atoms with Crippen molar-refractivity contribution in [1.29, 1.82) is 0 Å². The topological polar surface area (TPSA) is 0 Å². The predicted molar refractivity (Wildman–Crippen MR) is 245 cm³/mol. The molecule has 0 aromatic heterocycles. The van der Waals surface area contributed by atoms with E-state index in [1.54, 1.807) is 0 Å². The van der Waals surface area contributed by atoms with E-state index in [-0.39, 0.29) is 0 Å². The molecule has 7 aromatic carbocycles. The zero-order valence-electron chi connectivity index (χ0n) is 32.9. The minimum atomic E-state index is 0.765. The summed E-state index contributed by atoms with van der Waals surface area (Å²) in [4.78, 5) is 0. The van der Waals surface area contributed by atoms with Crippen molar-refractivity contribution in [1.82, 2.24) is 0 Å². The molecule has 0 aliphatic heterocycles. The standard InChI is InChI=1S/C60H30/c1-43-35-55-29-23-51-11-3-7-47(39-51)19-21-49-9-5-13-53(41-49)25-31-57-37-44(2)38-58-32-26-54-14-6-10-50(42-54)22-20-48-8-4-12-52(40-48)24-30-56(36-43)59(55)33-27-45-15-17-46(18-16-45)28-34-60(57)58/h3-18,35-42H,1-2H3. The zero-order chi connectivity index (χ0) is 40.7. The molecule has 4 aliphatic carbocycles. The van der Waals surface area contributed by atoms with E-state index in [2.05, 4.69) is 135 Å². The Morgan fingerprint density at radius 1 is 0.250 bits per heavy atom. The van der Waals surface area contributed by atoms with Crippen molar-refractivity contribution in [3.05, 3.63) is 252 Å². The third kappa shape index (κ3) is 8.85. The van der Waals surface area contributed by atoms with E-state index in [0.29, 0.717) is 0 Å². The van der Waals surface area contributed by atoms with Crippen LogP contribution in [0.4, 0.5) is 0 Å². The summed E-state index contributed by atoms with van der Waals surface area (Å²) < 4.78 is 0. The Morgan fingerprint density at radius 3 is 0.733 bits per heavy atom. The minimum Gasteiger partial charge on any atom is -0.0616 e. The first-order valence-electron chi connectivity index (χ1n) is 19.4. The van der Waals surface area contributed by atoms with Crippen LogP contribution in [-0.4, -0.2) is 0 Å². The van der Waals surface area contributed by atoms with Crippen molar-refractivity contribution in [3.8, 4) is 23.7 Å². The Labute approximate surface area is 352 Å². The molecule has 0 saturated carbocycles. The monoisotopic (exact) mass is 750 g/mol. The summed E-state index contributed by atoms with van der Waals surface area (Å²) in [5.74, 6) is 13.7. The average molecular weight is 751 g/mol. The van der Waals surface area contributed by atoms with Gasteiger partial charge in [-0.05, 0) is 146 Å². The van der Waals surface area contributed by atoms with Crippen LogP contribution in [0.1, 0.15) is 33.4 Å². The van der Waals surface area contributed by atoms with Crippen LogP contribution in [0.15, 0.2) is 146 Å². The van der Waals surface area contributed by atoms with Crippen LogP contribution in [0, 0.1) is 110 Å². The summed E-state index contributed by atoms with van der Waals surface area (Å²) in [5.41, 5.74) is 5.30. The maximum Gasteiger partial charge on any atom is 0.0562 e. The van der Waals surface area contributed by atoms with Crippen LogP contribution in [0.2, 0.25) is 0 Å². The van der Waals surface area contributed by atoms with Crippen LogP contribution >= 0.6 is 0 Å². The zero-order valence-corrected chi connectivity index (χ0v) is 32.9. The Balaban J connectivity index is 1.41. The summed E-state index contributed by atoms with van der Waals surface area (Å²) >= 11 is 0. The molecule has 0 unspecified atom stereocenters. The number of aryl methyl sites for hydroxylation is 2. The van der Waals surface area contributed by atoms with E-state index in [0.717, 1.165) is 98.0 Å². The fraction of sp³-hybridized carbons (Fsp3) is 0.0333. The molecule has 0 spiro atoms. The smallest absolute Gasteiger partial charge is 0.0562 e. The molecule has 60 heavy (non-hydrogen) atoms. The van der Waals surface area contributed by atoms with E-state index < -0.39 is 0 Å². The molecule has 4 aliphatic rings. The maximum absolute atomic E-state index is 3.46. The molecular weight excluding hydrogens is 721 g/mol. The van der Waals surface area contributed by atoms with Gasteiger partial charge >= 0.3 is 0 Å². The fourth-order valence-corrected chi connectivity index (χ4v) is 6.69. The summed E-state index contributed by atoms with van der Waals surface area (Å²) in [7, 11) is 0. The van der Waals surface area contributed by atoms with Gasteiger partial charge < -0.3 is 0 Å². The molecule has 0 N–H and O–H groups in total. The van der Waals surface area contributed by atoms with E-state index in [4.69, 9.17) is 0 Å². The lowest BCUT2D eigenvalue weighted by Crippen LogP contribution is -1.83. The van der Waals surface area contributed by atoms with E-state index >= 15 is 0 Å². The van der Waals surface area contributed by atoms with Gasteiger partial charge in [-0.2, -0.15) is 0 Å². The van der Waals surface area contributed by atoms with Gasteiger partial charge in [0.15, 0.2) is 0 Å². The quantitative estimate of drug-likeness (QED) is 0.135. The highest BCUT2D eigenvalue weighted by Crippen LogP contribution is 2.19. The largest absolute Gasteiger partial charge is 0.0616 e. The molecule has 12 bridgehead atoms. The van der Waals surface area contributed by atoms with Gasteiger partial charge in [0.25, 0.3) is 0 Å². The Kier molecular flexibility index (Phi) is 10.2. The second-order valence-electron chi connectivity index (χ2n) is 14.4. The molecule has 270 valence electrons. The van der Waals surface area contributed by atoms with Crippen molar-refractivity contribution in [2.75, 3.05) is 0 Å². The lowest BCUT2D eigenvalue weighted by Gasteiger charge is -1.99. The van der Waals surface area contributed by atoms with Gasteiger partial charge in [-0.15, -0.1) is 0 Å². The average Bonchev–Trinajstić information content (AvgIpc) is 3.27. The van der Waals surface area contributed by atoms with Crippen LogP contribution < -0.4 is 0 Å². The normalized spacial score (nSPS) is 10.0. The van der Waals surface area contributed by atoms with Gasteiger partial charge in [-0.3, -0.25) is 0 Å². The van der Waals surface area contributed by atoms with Gasteiger partial charge in [0.2, 0.25) is 0 Å². The first kappa shape index (κ1) is 36.6. The highest BCUT2D eigenvalue weighted by atomic mass is 14.0. The fourth-order valence-electron chi connectivity index (χ4n) is 6.69. The highest BCUT2D eigenvalue weighted by Gasteiger charge is 2.02. The molecule has 0 heterocycles. The predicted octanol–water partition coefficient (Wildman–Crippen LogP) is 13.0. The highest BCUT2D eigenvalue weighted by molar-refractivity contribution is 5.83. The molecule has 7 aromatic rings. The van der Waals surface area contributed by atoms with Crippen molar-refractivity contribution in [3.63, 3.8) is 0 Å². The van der Waals surface area contributed by atoms with Gasteiger partial charge in [0.1, 0.15) is 0 Å². The molecule has 0 radical (unpaired) electrons. The summed E-state index contributed by atoms with van der Waals surface area (Å²) in [6.07, 6.45) is 0. The summed E-state index contributed by atoms with van der Waals surface area (Å²) in [6, 6.07) is 88.8. The Bertz CT molecular complexity index is 3040. The SMILES string of the molecule is Cc1cc2c#cc3cccc(c#cc4cccc(c#cc5cc(C)cc6c#cc7cccc(c#cc8cccc(c#cc(c1)c2C#Cc1ccc(cc1)C#Cc56)c8)c7)c4)c3. The molecule has 0 fully saturated rings. The minimum absolute atomic E-state index is 0.765. The van der Waals surface area contributed by atoms with Crippen molar-refractivity contribution in [2.45, 2.75) is 13.8 Å². The molecule has 0 nitrogen and oxygen atoms in total. The molecule has 0 saturated heterocycles. The molecule has 11 rings (SSSR count). The first-order valence-corrected chi connectivity index (χ1v) is 19.4. The second kappa shape index (κ2) is 16.6. The number of rotatable bonds is 0. The van der Waals surface area contributed by atoms with Gasteiger partial charge in [-0.1, -0.05) is 121 Å². The number of hydrogen-bond acceptors (Lipinski definition) is 0. The molecule has 0 heteroatoms. The van der Waals surface area contributed by atoms with Crippen LogP contribution in [0.5, 0.6) is 0 Å². The summed E-state index contributed by atoms with van der Waals surface area (Å²) in [6.45, 7) is 4.11. The van der Waals surface area contributed by atoms with Crippen molar-refractivity contribution >= 4 is 64.6 Å². The Hall–Kier alpha value is -8.98. The maximum atomic E-state index is 3.46. The lowest BCUT2D eigenvalue weighted by atomic mass is 10.0. The van der Waals surface area contributed by atoms with E-state index in [1.807, 2.05) is 121 Å². The van der Waals surface area contributed by atoms with Gasteiger partial charge in [0.05, 0.1) is 11.1 Å². The first-order chi connectivity index (χ1) is 29.5. The molecular formula is C60H30. The van der Waals surface area contributed by atoms with Gasteiger partial charge in [-0.25, -0.2) is 0 Å². The molecule has 0 amide bonds. The van der Waals surface area contributed by atoms with E-state index in [1.165, 1.54) is 0 Å². The third-order valence-electron chi connectivity index (χ3n) is 9.63. The van der Waals surface area contributed by atoms with Crippen molar-refractivity contribution < 1.29 is 0 Å². The molecule has 0 atom stereocenters. The lowest BCUT2D eigenvalue weighted by molar-refractivity contribution is 1.51. The van der Waals surface area contributed by atoms with Crippen molar-refractivity contribution in [2.24, 2.45) is 0 Å². The van der Waals surface area contributed by atoms with Gasteiger partial charge in [0, 0.05) is 75.8 Å². The van der Waals surface area contributed by atoms with Crippen LogP contribution in [0.3, 0.4) is 0 Å². The Morgan fingerprint density at radius 2 is 0.483 bits per heavy atom. The summed E-state index contributed by atoms with van der Waals surface area (Å²) in [5, 5.41) is 10.1. The number of benzene rings is 7. The van der Waals surface area contributed by atoms with E-state index in [9.17, 15) is 0 Å². The second-order valence-corrected chi connectivity index (χ2v) is 14.4. The van der Waals surface area contributed by atoms with Crippen LogP contribution in [-0.2, 0) is 0 Å². The number of hydrogen-bond donors (Lipinski definition) is 0. The third-order valence-corrected chi connectivity index (χ3v) is 9.63.